The minimum absolute atomic E-state index is 0.00813. The Morgan fingerprint density at radius 1 is 1.00 bits per heavy atom. The molecular weight excluding hydrogens is 610 g/mol. The van der Waals surface area contributed by atoms with Crippen molar-refractivity contribution in [3.8, 4) is 5.75 Å². The Kier molecular flexibility index (Phi) is 6.70. The molecule has 0 unspecified atom stereocenters. The van der Waals surface area contributed by atoms with Crippen molar-refractivity contribution in [2.45, 2.75) is 22.6 Å². The molecule has 4 heterocycles. The second kappa shape index (κ2) is 10.5. The predicted molar refractivity (Wildman–Crippen MR) is 162 cm³/mol. The van der Waals surface area contributed by atoms with Gasteiger partial charge in [-0.15, -0.1) is 11.8 Å². The van der Waals surface area contributed by atoms with Gasteiger partial charge in [0.25, 0.3) is 5.91 Å². The molecule has 2 bridgehead atoms. The fourth-order valence-electron chi connectivity index (χ4n) is 8.12. The maximum atomic E-state index is 14.0. The zero-order chi connectivity index (χ0) is 29.4. The lowest BCUT2D eigenvalue weighted by Crippen LogP contribution is -2.43. The molecular formula is C31H28ClN3O6S2. The van der Waals surface area contributed by atoms with Gasteiger partial charge in [-0.3, -0.25) is 24.1 Å². The van der Waals surface area contributed by atoms with Crippen molar-refractivity contribution >= 4 is 58.1 Å². The number of ether oxygens (including phenoxy) is 2. The monoisotopic (exact) mass is 637 g/mol. The van der Waals surface area contributed by atoms with Crippen LogP contribution in [0.25, 0.3) is 0 Å². The van der Waals surface area contributed by atoms with Crippen molar-refractivity contribution in [3.63, 3.8) is 0 Å². The first-order valence-corrected chi connectivity index (χ1v) is 16.6. The van der Waals surface area contributed by atoms with Gasteiger partial charge in [-0.05, 0) is 54.5 Å². The van der Waals surface area contributed by atoms with E-state index in [0.717, 1.165) is 21.9 Å². The van der Waals surface area contributed by atoms with E-state index in [2.05, 4.69) is 4.98 Å². The number of H-pyrrole nitrogens is 1. The molecule has 3 aromatic rings. The van der Waals surface area contributed by atoms with Gasteiger partial charge in [0.15, 0.2) is 6.61 Å². The molecule has 3 aliphatic heterocycles. The smallest absolute Gasteiger partial charge is 0.305 e. The Hall–Kier alpha value is -3.12. The molecule has 2 saturated carbocycles. The number of imide groups is 1. The molecule has 2 aromatic carbocycles. The highest BCUT2D eigenvalue weighted by Gasteiger charge is 2.69. The molecule has 3 amide bonds. The SMILES string of the molecule is O=C(COc1ccccc1[C@@H]1c2sc(=O)[nH]c2S[C@@H]2[C@@H]3C[C@@H]([C@@H]4C(=O)N(c5ccc(Cl)cc5)C(=O)[C@@H]34)[C@H]12)N1CCOCC1. The minimum Gasteiger partial charge on any atom is -0.483 e. The summed E-state index contributed by atoms with van der Waals surface area (Å²) in [5.41, 5.74) is 1.45. The Bertz CT molecular complexity index is 1680. The van der Waals surface area contributed by atoms with E-state index < -0.39 is 5.92 Å². The number of thioether (sulfide) groups is 1. The lowest BCUT2D eigenvalue weighted by Gasteiger charge is -2.43. The number of morpholine rings is 1. The lowest BCUT2D eigenvalue weighted by atomic mass is 9.68. The first kappa shape index (κ1) is 27.4. The summed E-state index contributed by atoms with van der Waals surface area (Å²) in [6.45, 7) is 2.02. The highest BCUT2D eigenvalue weighted by Crippen LogP contribution is 2.69. The zero-order valence-corrected chi connectivity index (χ0v) is 25.3. The van der Waals surface area contributed by atoms with Gasteiger partial charge < -0.3 is 19.4 Å². The summed E-state index contributed by atoms with van der Waals surface area (Å²) in [5.74, 6) is -0.785. The number of rotatable bonds is 5. The first-order chi connectivity index (χ1) is 20.9. The number of hydrogen-bond acceptors (Lipinski definition) is 8. The lowest BCUT2D eigenvalue weighted by molar-refractivity contribution is -0.137. The number of thiazole rings is 1. The Balaban J connectivity index is 1.15. The molecule has 1 N–H and O–H groups in total. The number of nitrogens with zero attached hydrogens (tertiary/aromatic N) is 2. The zero-order valence-electron chi connectivity index (χ0n) is 22.9. The van der Waals surface area contributed by atoms with E-state index in [0.29, 0.717) is 42.8 Å². The maximum absolute atomic E-state index is 14.0. The number of aromatic nitrogens is 1. The van der Waals surface area contributed by atoms with Gasteiger partial charge in [0, 0.05) is 39.7 Å². The summed E-state index contributed by atoms with van der Waals surface area (Å²) in [4.78, 5) is 60.3. The van der Waals surface area contributed by atoms with E-state index in [1.807, 2.05) is 24.3 Å². The molecule has 9 nitrogen and oxygen atoms in total. The van der Waals surface area contributed by atoms with Crippen LogP contribution in [0.15, 0.2) is 58.4 Å². The average Bonchev–Trinajstić information content (AvgIpc) is 3.76. The van der Waals surface area contributed by atoms with Crippen LogP contribution in [-0.2, 0) is 19.1 Å². The molecule has 5 aliphatic rings. The van der Waals surface area contributed by atoms with E-state index in [4.69, 9.17) is 21.1 Å². The van der Waals surface area contributed by atoms with Gasteiger partial charge in [0.05, 0.1) is 35.8 Å². The normalized spacial score (nSPS) is 30.8. The van der Waals surface area contributed by atoms with Crippen molar-refractivity contribution in [2.24, 2.45) is 29.6 Å². The summed E-state index contributed by atoms with van der Waals surface area (Å²) in [7, 11) is 0. The number of carbonyl (C=O) groups is 3. The molecule has 2 saturated heterocycles. The first-order valence-electron chi connectivity index (χ1n) is 14.5. The number of carbonyl (C=O) groups excluding carboxylic acids is 3. The third-order valence-electron chi connectivity index (χ3n) is 9.78. The van der Waals surface area contributed by atoms with Crippen LogP contribution in [-0.4, -0.2) is 65.8 Å². The Morgan fingerprint density at radius 3 is 2.49 bits per heavy atom. The highest BCUT2D eigenvalue weighted by molar-refractivity contribution is 8.00. The predicted octanol–water partition coefficient (Wildman–Crippen LogP) is 4.01. The van der Waals surface area contributed by atoms with E-state index >= 15 is 0 Å². The fraction of sp³-hybridized carbons (Fsp3) is 0.419. The van der Waals surface area contributed by atoms with Crippen molar-refractivity contribution in [3.05, 3.63) is 73.7 Å². The molecule has 4 fully saturated rings. The van der Waals surface area contributed by atoms with Crippen LogP contribution in [0.3, 0.4) is 0 Å². The second-order valence-electron chi connectivity index (χ2n) is 11.8. The van der Waals surface area contributed by atoms with Gasteiger partial charge >= 0.3 is 4.87 Å². The molecule has 1 aromatic heterocycles. The quantitative estimate of drug-likeness (QED) is 0.421. The summed E-state index contributed by atoms with van der Waals surface area (Å²) in [5, 5.41) is 1.43. The van der Waals surface area contributed by atoms with Gasteiger partial charge in [-0.25, -0.2) is 0 Å². The summed E-state index contributed by atoms with van der Waals surface area (Å²) < 4.78 is 11.6. The number of fused-ring (bicyclic) bond motifs is 9. The van der Waals surface area contributed by atoms with E-state index in [1.165, 1.54) is 16.2 Å². The topological polar surface area (TPSA) is 109 Å². The molecule has 0 spiro atoms. The van der Waals surface area contributed by atoms with Crippen LogP contribution in [0.5, 0.6) is 5.75 Å². The molecule has 43 heavy (non-hydrogen) atoms. The molecule has 0 radical (unpaired) electrons. The van der Waals surface area contributed by atoms with Gasteiger partial charge in [-0.1, -0.05) is 41.1 Å². The number of aromatic amines is 1. The number of amides is 3. The average molecular weight is 638 g/mol. The number of para-hydroxylation sites is 1. The minimum atomic E-state index is -0.411. The molecule has 7 atom stereocenters. The van der Waals surface area contributed by atoms with Crippen LogP contribution in [0.2, 0.25) is 5.02 Å². The Morgan fingerprint density at radius 2 is 1.72 bits per heavy atom. The number of benzene rings is 2. The van der Waals surface area contributed by atoms with E-state index in [-0.39, 0.29) is 64.0 Å². The Labute approximate surface area is 260 Å². The number of hydrogen-bond donors (Lipinski definition) is 1. The summed E-state index contributed by atoms with van der Waals surface area (Å²) >= 11 is 8.93. The van der Waals surface area contributed by atoms with Crippen molar-refractivity contribution in [1.82, 2.24) is 9.88 Å². The van der Waals surface area contributed by atoms with Crippen LogP contribution in [0.4, 0.5) is 5.69 Å². The largest absolute Gasteiger partial charge is 0.483 e. The van der Waals surface area contributed by atoms with Gasteiger partial charge in [0.1, 0.15) is 5.75 Å². The van der Waals surface area contributed by atoms with Crippen molar-refractivity contribution in [2.75, 3.05) is 37.8 Å². The standard InChI is InChI=1S/C31H28ClN3O6S2/c32-15-5-7-16(8-6-15)35-29(37)24-18-13-19(25(24)30(35)38)26-23(18)22(27-28(42-26)33-31(39)43-27)17-3-1-2-4-20(17)41-14-21(36)34-9-11-40-12-10-34/h1-8,18-19,22-26H,9-14H2,(H,33,39)/t18-,19-,22+,23-,24+,25+,26-/m1/s1. The number of halogens is 1. The van der Waals surface area contributed by atoms with Crippen molar-refractivity contribution in [1.29, 1.82) is 0 Å². The van der Waals surface area contributed by atoms with Gasteiger partial charge in [0.2, 0.25) is 11.8 Å². The van der Waals surface area contributed by atoms with Crippen molar-refractivity contribution < 1.29 is 23.9 Å². The number of anilines is 1. The van der Waals surface area contributed by atoms with Crippen LogP contribution in [0, 0.1) is 29.6 Å². The van der Waals surface area contributed by atoms with Gasteiger partial charge in [-0.2, -0.15) is 0 Å². The van der Waals surface area contributed by atoms with Crippen LogP contribution >= 0.6 is 34.7 Å². The van der Waals surface area contributed by atoms with Crippen LogP contribution in [0.1, 0.15) is 22.8 Å². The van der Waals surface area contributed by atoms with Crippen LogP contribution < -0.4 is 14.5 Å². The molecule has 2 aliphatic carbocycles. The summed E-state index contributed by atoms with van der Waals surface area (Å²) in [6.07, 6.45) is 0.790. The third-order valence-corrected chi connectivity index (χ3v) is 12.6. The summed E-state index contributed by atoms with van der Waals surface area (Å²) in [6, 6.07) is 14.5. The van der Waals surface area contributed by atoms with E-state index in [1.54, 1.807) is 40.9 Å². The van der Waals surface area contributed by atoms with E-state index in [9.17, 15) is 19.2 Å². The molecule has 222 valence electrons. The number of nitrogens with one attached hydrogen (secondary N) is 1. The second-order valence-corrected chi connectivity index (χ2v) is 14.4. The maximum Gasteiger partial charge on any atom is 0.305 e. The molecule has 8 rings (SSSR count). The highest BCUT2D eigenvalue weighted by atomic mass is 35.5. The fourth-order valence-corrected chi connectivity index (χ4v) is 11.1. The molecule has 12 heteroatoms. The third kappa shape index (κ3) is 4.30.